The summed E-state index contributed by atoms with van der Waals surface area (Å²) in [7, 11) is 0. The zero-order valence-electron chi connectivity index (χ0n) is 10.9. The number of nitrogens with zero attached hydrogens (tertiary/aromatic N) is 4. The highest BCUT2D eigenvalue weighted by Gasteiger charge is 2.24. The molecular weight excluding hydrogens is 232 g/mol. The minimum atomic E-state index is -0.549. The Bertz CT molecular complexity index is 361. The molecule has 1 aromatic rings. The second-order valence-corrected chi connectivity index (χ2v) is 5.00. The zero-order valence-corrected chi connectivity index (χ0v) is 10.9. The molecule has 1 atom stereocenters. The topological polar surface area (TPSA) is 74.4 Å². The molecule has 2 rings (SSSR count). The molecule has 0 saturated carbocycles. The van der Waals surface area contributed by atoms with Crippen molar-refractivity contribution in [3.63, 3.8) is 0 Å². The third-order valence-corrected chi connectivity index (χ3v) is 3.83. The van der Waals surface area contributed by atoms with Gasteiger partial charge in [0.2, 0.25) is 0 Å². The first kappa shape index (κ1) is 13.5. The lowest BCUT2D eigenvalue weighted by Gasteiger charge is -2.33. The molecule has 1 fully saturated rings. The van der Waals surface area contributed by atoms with Crippen LogP contribution in [0.15, 0.2) is 6.33 Å². The van der Waals surface area contributed by atoms with E-state index in [-0.39, 0.29) is 12.5 Å². The van der Waals surface area contributed by atoms with E-state index in [4.69, 9.17) is 5.11 Å². The summed E-state index contributed by atoms with van der Waals surface area (Å²) in [6.45, 7) is 5.71. The summed E-state index contributed by atoms with van der Waals surface area (Å²) in [5.41, 5.74) is 0. The molecule has 1 aromatic heterocycles. The van der Waals surface area contributed by atoms with E-state index >= 15 is 0 Å². The number of piperidine rings is 1. The first-order chi connectivity index (χ1) is 8.70. The molecule has 0 amide bonds. The molecule has 18 heavy (non-hydrogen) atoms. The number of aliphatic hydroxyl groups is 2. The van der Waals surface area contributed by atoms with Gasteiger partial charge in [0.25, 0.3) is 0 Å². The molecule has 6 heteroatoms. The van der Waals surface area contributed by atoms with Crippen LogP contribution >= 0.6 is 0 Å². The quantitative estimate of drug-likeness (QED) is 0.751. The van der Waals surface area contributed by atoms with Crippen molar-refractivity contribution in [3.8, 4) is 0 Å². The predicted molar refractivity (Wildman–Crippen MR) is 67.0 cm³/mol. The summed E-state index contributed by atoms with van der Waals surface area (Å²) in [6.07, 6.45) is 3.14. The molecule has 0 spiro atoms. The lowest BCUT2D eigenvalue weighted by atomic mass is 9.91. The second-order valence-electron chi connectivity index (χ2n) is 5.00. The van der Waals surface area contributed by atoms with Crippen LogP contribution in [0.1, 0.15) is 18.7 Å². The van der Waals surface area contributed by atoms with E-state index in [0.29, 0.717) is 0 Å². The Morgan fingerprint density at radius 2 is 2.11 bits per heavy atom. The van der Waals surface area contributed by atoms with Gasteiger partial charge >= 0.3 is 0 Å². The van der Waals surface area contributed by atoms with Crippen molar-refractivity contribution in [2.75, 3.05) is 26.2 Å². The third-order valence-electron chi connectivity index (χ3n) is 3.83. The fourth-order valence-electron chi connectivity index (χ4n) is 2.49. The van der Waals surface area contributed by atoms with Crippen LogP contribution in [0.4, 0.5) is 0 Å². The van der Waals surface area contributed by atoms with Gasteiger partial charge in [0.15, 0.2) is 0 Å². The zero-order chi connectivity index (χ0) is 13.0. The fraction of sp³-hybridized carbons (Fsp3) is 0.833. The van der Waals surface area contributed by atoms with Gasteiger partial charge in [0.1, 0.15) is 12.2 Å². The monoisotopic (exact) mass is 254 g/mol. The van der Waals surface area contributed by atoms with Crippen molar-refractivity contribution in [2.24, 2.45) is 5.92 Å². The first-order valence-electron chi connectivity index (χ1n) is 6.56. The van der Waals surface area contributed by atoms with Gasteiger partial charge in [-0.1, -0.05) is 0 Å². The van der Waals surface area contributed by atoms with Gasteiger partial charge in [0.05, 0.1) is 12.7 Å². The molecule has 0 radical (unpaired) electrons. The van der Waals surface area contributed by atoms with Gasteiger partial charge in [-0.05, 0) is 38.8 Å². The Balaban J connectivity index is 1.72. The highest BCUT2D eigenvalue weighted by molar-refractivity contribution is 4.81. The van der Waals surface area contributed by atoms with Gasteiger partial charge in [-0.25, -0.2) is 0 Å². The number of rotatable bonds is 5. The lowest BCUT2D eigenvalue weighted by Crippen LogP contribution is -2.40. The van der Waals surface area contributed by atoms with Crippen molar-refractivity contribution in [2.45, 2.75) is 32.4 Å². The highest BCUT2D eigenvalue weighted by atomic mass is 16.3. The molecule has 0 bridgehead atoms. The summed E-state index contributed by atoms with van der Waals surface area (Å²) in [6, 6.07) is 0. The molecule has 2 N–H and O–H groups in total. The van der Waals surface area contributed by atoms with Crippen LogP contribution in [0.25, 0.3) is 0 Å². The summed E-state index contributed by atoms with van der Waals surface area (Å²) in [5.74, 6) is 1.20. The number of likely N-dealkylation sites (tertiary alicyclic amines) is 1. The van der Waals surface area contributed by atoms with E-state index in [2.05, 4.69) is 19.7 Å². The second kappa shape index (κ2) is 6.26. The summed E-state index contributed by atoms with van der Waals surface area (Å²) < 4.78 is 2.05. The number of aryl methyl sites for hydroxylation is 1. The van der Waals surface area contributed by atoms with Crippen LogP contribution in [0.2, 0.25) is 0 Å². The number of aliphatic hydroxyl groups excluding tert-OH is 2. The largest absolute Gasteiger partial charge is 0.394 e. The number of hydrogen-bond acceptors (Lipinski definition) is 5. The Morgan fingerprint density at radius 1 is 1.39 bits per heavy atom. The lowest BCUT2D eigenvalue weighted by molar-refractivity contribution is 0.0179. The summed E-state index contributed by atoms with van der Waals surface area (Å²) >= 11 is 0. The SMILES string of the molecule is Cc1nncn1CCN1CCC(C(O)CO)CC1. The van der Waals surface area contributed by atoms with E-state index in [1.807, 2.05) is 6.92 Å². The van der Waals surface area contributed by atoms with Crippen LogP contribution in [-0.4, -0.2) is 62.2 Å². The van der Waals surface area contributed by atoms with Crippen LogP contribution in [-0.2, 0) is 6.54 Å². The average molecular weight is 254 g/mol. The van der Waals surface area contributed by atoms with E-state index < -0.39 is 6.10 Å². The van der Waals surface area contributed by atoms with E-state index in [0.717, 1.165) is 44.8 Å². The van der Waals surface area contributed by atoms with Gasteiger partial charge in [-0.3, -0.25) is 0 Å². The predicted octanol–water partition coefficient (Wildman–Crippen LogP) is -0.348. The van der Waals surface area contributed by atoms with E-state index in [1.54, 1.807) is 6.33 Å². The van der Waals surface area contributed by atoms with Crippen molar-refractivity contribution in [1.29, 1.82) is 0 Å². The molecule has 1 aliphatic heterocycles. The van der Waals surface area contributed by atoms with Gasteiger partial charge in [0, 0.05) is 13.1 Å². The Morgan fingerprint density at radius 3 is 2.67 bits per heavy atom. The smallest absolute Gasteiger partial charge is 0.129 e. The maximum absolute atomic E-state index is 9.60. The highest BCUT2D eigenvalue weighted by Crippen LogP contribution is 2.20. The fourth-order valence-corrected chi connectivity index (χ4v) is 2.49. The van der Waals surface area contributed by atoms with Crippen LogP contribution in [0, 0.1) is 12.8 Å². The molecule has 1 saturated heterocycles. The summed E-state index contributed by atoms with van der Waals surface area (Å²) in [4.78, 5) is 2.39. The van der Waals surface area contributed by atoms with Crippen LogP contribution in [0.5, 0.6) is 0 Å². The molecule has 1 aliphatic rings. The Labute approximate surface area is 107 Å². The Hall–Kier alpha value is -0.980. The van der Waals surface area contributed by atoms with Crippen molar-refractivity contribution in [1.82, 2.24) is 19.7 Å². The molecular formula is C12H22N4O2. The van der Waals surface area contributed by atoms with Crippen molar-refractivity contribution in [3.05, 3.63) is 12.2 Å². The van der Waals surface area contributed by atoms with Crippen molar-refractivity contribution >= 4 is 0 Å². The molecule has 102 valence electrons. The normalized spacial score (nSPS) is 20.2. The molecule has 6 nitrogen and oxygen atoms in total. The van der Waals surface area contributed by atoms with Gasteiger partial charge in [-0.2, -0.15) is 0 Å². The molecule has 0 aliphatic carbocycles. The summed E-state index contributed by atoms with van der Waals surface area (Å²) in [5, 5.41) is 26.4. The maximum atomic E-state index is 9.60. The van der Waals surface area contributed by atoms with Crippen molar-refractivity contribution < 1.29 is 10.2 Å². The van der Waals surface area contributed by atoms with E-state index in [1.165, 1.54) is 0 Å². The minimum absolute atomic E-state index is 0.120. The first-order valence-corrected chi connectivity index (χ1v) is 6.56. The molecule has 2 heterocycles. The number of aromatic nitrogens is 3. The maximum Gasteiger partial charge on any atom is 0.129 e. The third kappa shape index (κ3) is 3.28. The van der Waals surface area contributed by atoms with Crippen LogP contribution < -0.4 is 0 Å². The standard InChI is InChI=1S/C12H22N4O2/c1-10-14-13-9-16(10)7-6-15-4-2-11(3-5-15)12(18)8-17/h9,11-12,17-18H,2-8H2,1H3. The minimum Gasteiger partial charge on any atom is -0.394 e. The average Bonchev–Trinajstić information content (AvgIpc) is 2.81. The van der Waals surface area contributed by atoms with Gasteiger partial charge < -0.3 is 19.7 Å². The van der Waals surface area contributed by atoms with Gasteiger partial charge in [-0.15, -0.1) is 10.2 Å². The Kier molecular flexibility index (Phi) is 4.68. The molecule has 0 aromatic carbocycles. The van der Waals surface area contributed by atoms with E-state index in [9.17, 15) is 5.11 Å². The van der Waals surface area contributed by atoms with Crippen LogP contribution in [0.3, 0.4) is 0 Å². The molecule has 1 unspecified atom stereocenters. The number of hydrogen-bond donors (Lipinski definition) is 2.